The van der Waals surface area contributed by atoms with Gasteiger partial charge in [0.05, 0.1) is 5.60 Å². The van der Waals surface area contributed by atoms with Crippen molar-refractivity contribution in [2.45, 2.75) is 38.2 Å². The highest BCUT2D eigenvalue weighted by molar-refractivity contribution is 5.91. The van der Waals surface area contributed by atoms with E-state index in [2.05, 4.69) is 15.2 Å². The molecule has 0 N–H and O–H groups in total. The fraction of sp³-hybridized carbons (Fsp3) is 0.600. The largest absolute Gasteiger partial charge is 0.375 e. The van der Waals surface area contributed by atoms with Crippen LogP contribution in [0.1, 0.15) is 42.0 Å². The van der Waals surface area contributed by atoms with E-state index >= 15 is 0 Å². The molecular weight excluding hydrogens is 282 g/mol. The van der Waals surface area contributed by atoms with Crippen LogP contribution in [0.25, 0.3) is 5.78 Å². The number of ether oxygens (including phenoxy) is 1. The molecule has 116 valence electrons. The molecule has 1 amide bonds. The highest BCUT2D eigenvalue weighted by Crippen LogP contribution is 2.35. The van der Waals surface area contributed by atoms with Crippen LogP contribution in [0.4, 0.5) is 0 Å². The third-order valence-electron chi connectivity index (χ3n) is 4.76. The lowest BCUT2D eigenvalue weighted by molar-refractivity contribution is -0.0389. The minimum absolute atomic E-state index is 0.0162. The molecule has 4 heterocycles. The molecule has 0 saturated carbocycles. The molecule has 0 bridgehead atoms. The van der Waals surface area contributed by atoms with Gasteiger partial charge in [-0.25, -0.2) is 4.98 Å². The van der Waals surface area contributed by atoms with Gasteiger partial charge in [-0.2, -0.15) is 0 Å². The number of piperidine rings is 1. The topological polar surface area (TPSA) is 72.6 Å². The Morgan fingerprint density at radius 3 is 2.82 bits per heavy atom. The summed E-state index contributed by atoms with van der Waals surface area (Å²) in [6, 6.07) is 1.85. The lowest BCUT2D eigenvalue weighted by atomic mass is 9.88. The Morgan fingerprint density at radius 2 is 2.09 bits per heavy atom. The van der Waals surface area contributed by atoms with Crippen molar-refractivity contribution in [3.8, 4) is 0 Å². The van der Waals surface area contributed by atoms with Crippen molar-refractivity contribution in [1.29, 1.82) is 0 Å². The second kappa shape index (κ2) is 5.01. The fourth-order valence-corrected chi connectivity index (χ4v) is 3.43. The standard InChI is InChI=1S/C15H19N5O2/c1-11-3-7-20-12(17-18-14(20)16-11)13(21)19-8-5-15(6-9-19)4-2-10-22-15/h3,7H,2,4-6,8-10H2,1H3. The van der Waals surface area contributed by atoms with Crippen LogP contribution in [0.3, 0.4) is 0 Å². The first kappa shape index (κ1) is 13.6. The van der Waals surface area contributed by atoms with Crippen molar-refractivity contribution in [3.05, 3.63) is 23.8 Å². The zero-order valence-electron chi connectivity index (χ0n) is 12.7. The Bertz CT molecular complexity index is 710. The second-order valence-electron chi connectivity index (χ2n) is 6.19. The third-order valence-corrected chi connectivity index (χ3v) is 4.76. The van der Waals surface area contributed by atoms with Gasteiger partial charge in [0, 0.05) is 31.6 Å². The first-order valence-electron chi connectivity index (χ1n) is 7.79. The second-order valence-corrected chi connectivity index (χ2v) is 6.19. The maximum Gasteiger partial charge on any atom is 0.292 e. The van der Waals surface area contributed by atoms with Gasteiger partial charge in [-0.05, 0) is 38.7 Å². The van der Waals surface area contributed by atoms with Gasteiger partial charge in [0.1, 0.15) is 0 Å². The zero-order chi connectivity index (χ0) is 15.2. The monoisotopic (exact) mass is 301 g/mol. The lowest BCUT2D eigenvalue weighted by Gasteiger charge is -2.38. The van der Waals surface area contributed by atoms with Crippen molar-refractivity contribution in [2.75, 3.05) is 19.7 Å². The Morgan fingerprint density at radius 1 is 1.27 bits per heavy atom. The Labute approximate surface area is 128 Å². The quantitative estimate of drug-likeness (QED) is 0.792. The van der Waals surface area contributed by atoms with E-state index < -0.39 is 0 Å². The molecule has 2 aliphatic heterocycles. The molecule has 4 rings (SSSR count). The van der Waals surface area contributed by atoms with Gasteiger partial charge in [-0.1, -0.05) is 0 Å². The van der Waals surface area contributed by atoms with Gasteiger partial charge >= 0.3 is 0 Å². The summed E-state index contributed by atoms with van der Waals surface area (Å²) in [6.07, 6.45) is 5.87. The average Bonchev–Trinajstić information content (AvgIpc) is 3.14. The number of hydrogen-bond donors (Lipinski definition) is 0. The number of rotatable bonds is 1. The number of fused-ring (bicyclic) bond motifs is 1. The number of nitrogens with zero attached hydrogens (tertiary/aromatic N) is 5. The minimum atomic E-state index is -0.0778. The molecule has 0 unspecified atom stereocenters. The van der Waals surface area contributed by atoms with E-state index in [4.69, 9.17) is 4.74 Å². The molecular formula is C15H19N5O2. The van der Waals surface area contributed by atoms with Crippen LogP contribution in [0, 0.1) is 6.92 Å². The van der Waals surface area contributed by atoms with Crippen LogP contribution in [0.2, 0.25) is 0 Å². The number of hydrogen-bond acceptors (Lipinski definition) is 5. The number of likely N-dealkylation sites (tertiary alicyclic amines) is 1. The molecule has 7 heteroatoms. The van der Waals surface area contributed by atoms with Crippen LogP contribution in [-0.2, 0) is 4.74 Å². The van der Waals surface area contributed by atoms with Crippen molar-refractivity contribution in [2.24, 2.45) is 0 Å². The number of carbonyl (C=O) groups is 1. The van der Waals surface area contributed by atoms with Crippen LogP contribution in [-0.4, -0.2) is 55.7 Å². The first-order chi connectivity index (χ1) is 10.7. The minimum Gasteiger partial charge on any atom is -0.375 e. The molecule has 2 aromatic heterocycles. The van der Waals surface area contributed by atoms with E-state index in [-0.39, 0.29) is 11.5 Å². The predicted molar refractivity (Wildman–Crippen MR) is 78.6 cm³/mol. The Kier molecular flexibility index (Phi) is 3.11. The summed E-state index contributed by atoms with van der Waals surface area (Å²) in [6.45, 7) is 4.18. The Balaban J connectivity index is 1.54. The predicted octanol–water partition coefficient (Wildman–Crippen LogP) is 1.22. The number of amides is 1. The van der Waals surface area contributed by atoms with Gasteiger partial charge < -0.3 is 9.64 Å². The summed E-state index contributed by atoms with van der Waals surface area (Å²) >= 11 is 0. The van der Waals surface area contributed by atoms with Crippen molar-refractivity contribution >= 4 is 11.7 Å². The number of carbonyl (C=O) groups excluding carboxylic acids is 1. The van der Waals surface area contributed by atoms with Crippen molar-refractivity contribution < 1.29 is 9.53 Å². The summed E-state index contributed by atoms with van der Waals surface area (Å²) in [5.74, 6) is 0.729. The molecule has 22 heavy (non-hydrogen) atoms. The maximum absolute atomic E-state index is 12.7. The average molecular weight is 301 g/mol. The fourth-order valence-electron chi connectivity index (χ4n) is 3.43. The summed E-state index contributed by atoms with van der Waals surface area (Å²) in [4.78, 5) is 18.8. The molecule has 2 fully saturated rings. The molecule has 2 aromatic rings. The van der Waals surface area contributed by atoms with Crippen molar-refractivity contribution in [1.82, 2.24) is 24.5 Å². The van der Waals surface area contributed by atoms with E-state index in [1.165, 1.54) is 0 Å². The summed E-state index contributed by atoms with van der Waals surface area (Å²) < 4.78 is 7.56. The zero-order valence-corrected chi connectivity index (χ0v) is 12.7. The van der Waals surface area contributed by atoms with Gasteiger partial charge in [0.2, 0.25) is 5.82 Å². The van der Waals surface area contributed by atoms with E-state index in [1.807, 2.05) is 17.9 Å². The van der Waals surface area contributed by atoms with Gasteiger partial charge in [-0.3, -0.25) is 9.20 Å². The Hall–Kier alpha value is -2.02. The highest BCUT2D eigenvalue weighted by Gasteiger charge is 2.40. The van der Waals surface area contributed by atoms with Crippen LogP contribution in [0.5, 0.6) is 0 Å². The van der Waals surface area contributed by atoms with Gasteiger partial charge in [0.15, 0.2) is 0 Å². The molecule has 0 aliphatic carbocycles. The van der Waals surface area contributed by atoms with E-state index in [0.29, 0.717) is 24.7 Å². The molecule has 1 spiro atoms. The highest BCUT2D eigenvalue weighted by atomic mass is 16.5. The smallest absolute Gasteiger partial charge is 0.292 e. The summed E-state index contributed by atoms with van der Waals surface area (Å²) in [5.41, 5.74) is 0.875. The normalized spacial score (nSPS) is 20.9. The van der Waals surface area contributed by atoms with E-state index in [9.17, 15) is 4.79 Å². The van der Waals surface area contributed by atoms with Gasteiger partial charge in [-0.15, -0.1) is 10.2 Å². The van der Waals surface area contributed by atoms with Gasteiger partial charge in [0.25, 0.3) is 11.7 Å². The molecule has 2 saturated heterocycles. The van der Waals surface area contributed by atoms with E-state index in [1.54, 1.807) is 10.6 Å². The molecule has 0 radical (unpaired) electrons. The molecule has 0 atom stereocenters. The first-order valence-corrected chi connectivity index (χ1v) is 7.79. The summed E-state index contributed by atoms with van der Waals surface area (Å²) in [7, 11) is 0. The molecule has 2 aliphatic rings. The number of aromatic nitrogens is 4. The third kappa shape index (κ3) is 2.16. The molecule has 7 nitrogen and oxygen atoms in total. The SMILES string of the molecule is Cc1ccn2c(C(=O)N3CCC4(CCCO4)CC3)nnc2n1. The summed E-state index contributed by atoms with van der Waals surface area (Å²) in [5, 5.41) is 8.02. The van der Waals surface area contributed by atoms with Crippen LogP contribution < -0.4 is 0 Å². The van der Waals surface area contributed by atoms with Crippen molar-refractivity contribution in [3.63, 3.8) is 0 Å². The van der Waals surface area contributed by atoms with Crippen LogP contribution in [0.15, 0.2) is 12.3 Å². The molecule has 0 aromatic carbocycles. The number of aryl methyl sites for hydroxylation is 1. The lowest BCUT2D eigenvalue weighted by Crippen LogP contribution is -2.46. The maximum atomic E-state index is 12.7. The van der Waals surface area contributed by atoms with E-state index in [0.717, 1.165) is 38.0 Å². The van der Waals surface area contributed by atoms with Crippen LogP contribution >= 0.6 is 0 Å².